The van der Waals surface area contributed by atoms with E-state index in [9.17, 15) is 9.90 Å². The zero-order chi connectivity index (χ0) is 13.2. The molecule has 0 saturated heterocycles. The number of hydrogen-bond acceptors (Lipinski definition) is 4. The van der Waals surface area contributed by atoms with Crippen LogP contribution < -0.4 is 0 Å². The van der Waals surface area contributed by atoms with Gasteiger partial charge in [0.1, 0.15) is 12.0 Å². The third-order valence-electron chi connectivity index (χ3n) is 2.72. The maximum absolute atomic E-state index is 12.1. The third kappa shape index (κ3) is 2.01. The van der Waals surface area contributed by atoms with E-state index in [2.05, 4.69) is 5.10 Å². The average Bonchev–Trinajstić information content (AvgIpc) is 3.08. The fraction of sp³-hybridized carbons (Fsp3) is 0. The smallest absolute Gasteiger partial charge is 0.284 e. The van der Waals surface area contributed by atoms with E-state index in [4.69, 9.17) is 4.42 Å². The van der Waals surface area contributed by atoms with Crippen LogP contribution in [0.3, 0.4) is 0 Å². The van der Waals surface area contributed by atoms with Gasteiger partial charge in [0.25, 0.3) is 5.91 Å². The van der Waals surface area contributed by atoms with Crippen molar-refractivity contribution in [1.29, 1.82) is 0 Å². The summed E-state index contributed by atoms with van der Waals surface area (Å²) >= 11 is 0. The Hall–Kier alpha value is -2.82. The van der Waals surface area contributed by atoms with Gasteiger partial charge in [0.15, 0.2) is 0 Å². The lowest BCUT2D eigenvalue weighted by Gasteiger charge is -1.97. The molecule has 3 rings (SSSR count). The first kappa shape index (κ1) is 11.3. The predicted molar refractivity (Wildman–Crippen MR) is 67.8 cm³/mol. The molecule has 0 aliphatic rings. The van der Waals surface area contributed by atoms with Crippen LogP contribution in [0.25, 0.3) is 11.3 Å². The number of furan rings is 1. The minimum Gasteiger partial charge on any atom is -0.493 e. The maximum Gasteiger partial charge on any atom is 0.284 e. The lowest BCUT2D eigenvalue weighted by Crippen LogP contribution is -2.11. The molecule has 0 atom stereocenters. The zero-order valence-corrected chi connectivity index (χ0v) is 9.85. The van der Waals surface area contributed by atoms with Crippen LogP contribution in [-0.4, -0.2) is 20.8 Å². The Morgan fingerprint density at radius 2 is 2.00 bits per heavy atom. The zero-order valence-electron chi connectivity index (χ0n) is 9.85. The van der Waals surface area contributed by atoms with Crippen LogP contribution in [0.2, 0.25) is 0 Å². The first-order chi connectivity index (χ1) is 9.25. The lowest BCUT2D eigenvalue weighted by atomic mass is 10.1. The van der Waals surface area contributed by atoms with Gasteiger partial charge < -0.3 is 9.52 Å². The summed E-state index contributed by atoms with van der Waals surface area (Å²) in [6.07, 6.45) is 2.71. The third-order valence-corrected chi connectivity index (χ3v) is 2.72. The first-order valence-electron chi connectivity index (χ1n) is 5.67. The molecule has 0 fully saturated rings. The van der Waals surface area contributed by atoms with Gasteiger partial charge in [-0.25, -0.2) is 0 Å². The molecule has 0 bridgehead atoms. The van der Waals surface area contributed by atoms with Gasteiger partial charge in [-0.3, -0.25) is 4.79 Å². The van der Waals surface area contributed by atoms with E-state index in [1.54, 1.807) is 6.07 Å². The number of aromatic nitrogens is 2. The second-order valence-electron chi connectivity index (χ2n) is 3.97. The molecule has 94 valence electrons. The molecule has 2 heterocycles. The maximum atomic E-state index is 12.1. The molecule has 0 saturated carbocycles. The Bertz CT molecular complexity index is 713. The predicted octanol–water partition coefficient (Wildman–Crippen LogP) is 2.54. The van der Waals surface area contributed by atoms with Crippen molar-refractivity contribution in [1.82, 2.24) is 9.78 Å². The Balaban J connectivity index is 1.94. The molecular formula is C14H10N2O3. The SMILES string of the molecule is O=C(c1coc(-c2ccccc2)c1)n1nccc1O. The standard InChI is InChI=1S/C14H10N2O3/c17-13-6-7-15-16(13)14(18)11-8-12(19-9-11)10-4-2-1-3-5-10/h1-9,17H. The van der Waals surface area contributed by atoms with Crippen molar-refractivity contribution in [3.8, 4) is 17.2 Å². The summed E-state index contributed by atoms with van der Waals surface area (Å²) in [7, 11) is 0. The second kappa shape index (κ2) is 4.45. The molecule has 1 aromatic carbocycles. The molecular weight excluding hydrogens is 244 g/mol. The molecule has 5 heteroatoms. The van der Waals surface area contributed by atoms with E-state index in [0.717, 1.165) is 10.2 Å². The van der Waals surface area contributed by atoms with Gasteiger partial charge in [-0.15, -0.1) is 0 Å². The molecule has 0 aliphatic carbocycles. The molecule has 2 aromatic heterocycles. The van der Waals surface area contributed by atoms with Crippen LogP contribution in [0.1, 0.15) is 10.4 Å². The van der Waals surface area contributed by atoms with Gasteiger partial charge in [0.2, 0.25) is 5.88 Å². The van der Waals surface area contributed by atoms with E-state index in [-0.39, 0.29) is 5.88 Å². The van der Waals surface area contributed by atoms with Crippen LogP contribution in [0, 0.1) is 0 Å². The van der Waals surface area contributed by atoms with Crippen LogP contribution in [0.15, 0.2) is 59.3 Å². The van der Waals surface area contributed by atoms with Gasteiger partial charge in [0, 0.05) is 11.6 Å². The average molecular weight is 254 g/mol. The number of hydrogen-bond donors (Lipinski definition) is 1. The van der Waals surface area contributed by atoms with E-state index < -0.39 is 5.91 Å². The molecule has 1 N–H and O–H groups in total. The lowest BCUT2D eigenvalue weighted by molar-refractivity contribution is 0.0934. The van der Waals surface area contributed by atoms with Crippen molar-refractivity contribution in [3.05, 3.63) is 60.5 Å². The summed E-state index contributed by atoms with van der Waals surface area (Å²) in [4.78, 5) is 12.1. The highest BCUT2D eigenvalue weighted by Crippen LogP contribution is 2.22. The Morgan fingerprint density at radius 3 is 2.68 bits per heavy atom. The monoisotopic (exact) mass is 254 g/mol. The fourth-order valence-corrected chi connectivity index (χ4v) is 1.78. The first-order valence-corrected chi connectivity index (χ1v) is 5.67. The summed E-state index contributed by atoms with van der Waals surface area (Å²) in [5, 5.41) is 13.2. The van der Waals surface area contributed by atoms with Gasteiger partial charge in [-0.05, 0) is 6.07 Å². The van der Waals surface area contributed by atoms with E-state index >= 15 is 0 Å². The van der Waals surface area contributed by atoms with Gasteiger partial charge in [-0.2, -0.15) is 9.78 Å². The molecule has 5 nitrogen and oxygen atoms in total. The molecule has 19 heavy (non-hydrogen) atoms. The molecule has 0 aliphatic heterocycles. The number of benzene rings is 1. The Labute approximate surface area is 108 Å². The normalized spacial score (nSPS) is 10.5. The second-order valence-corrected chi connectivity index (χ2v) is 3.97. The highest BCUT2D eigenvalue weighted by molar-refractivity contribution is 5.96. The van der Waals surface area contributed by atoms with Crippen molar-refractivity contribution in [2.45, 2.75) is 0 Å². The van der Waals surface area contributed by atoms with Gasteiger partial charge >= 0.3 is 0 Å². The molecule has 0 spiro atoms. The highest BCUT2D eigenvalue weighted by atomic mass is 16.3. The van der Waals surface area contributed by atoms with Crippen LogP contribution in [0.4, 0.5) is 0 Å². The molecule has 0 radical (unpaired) electrons. The molecule has 3 aromatic rings. The Morgan fingerprint density at radius 1 is 1.21 bits per heavy atom. The van der Waals surface area contributed by atoms with Crippen molar-refractivity contribution >= 4 is 5.91 Å². The van der Waals surface area contributed by atoms with Crippen molar-refractivity contribution in [2.75, 3.05) is 0 Å². The number of carbonyl (C=O) groups is 1. The minimum absolute atomic E-state index is 0.201. The largest absolute Gasteiger partial charge is 0.493 e. The van der Waals surface area contributed by atoms with E-state index in [1.165, 1.54) is 18.5 Å². The summed E-state index contributed by atoms with van der Waals surface area (Å²) < 4.78 is 6.28. The van der Waals surface area contributed by atoms with Crippen molar-refractivity contribution in [3.63, 3.8) is 0 Å². The number of carbonyl (C=O) groups excluding carboxylic acids is 1. The van der Waals surface area contributed by atoms with E-state index in [1.807, 2.05) is 30.3 Å². The minimum atomic E-state index is -0.437. The number of rotatable bonds is 2. The summed E-state index contributed by atoms with van der Waals surface area (Å²) in [6.45, 7) is 0. The highest BCUT2D eigenvalue weighted by Gasteiger charge is 2.16. The topological polar surface area (TPSA) is 68.3 Å². The summed E-state index contributed by atoms with van der Waals surface area (Å²) in [5.41, 5.74) is 1.21. The van der Waals surface area contributed by atoms with Crippen molar-refractivity contribution in [2.24, 2.45) is 0 Å². The Kier molecular flexibility index (Phi) is 2.64. The summed E-state index contributed by atoms with van der Waals surface area (Å²) in [5.74, 6) is -0.0449. The molecule has 0 amide bonds. The van der Waals surface area contributed by atoms with Crippen molar-refractivity contribution < 1.29 is 14.3 Å². The number of aromatic hydroxyl groups is 1. The fourth-order valence-electron chi connectivity index (χ4n) is 1.78. The van der Waals surface area contributed by atoms with Crippen LogP contribution in [-0.2, 0) is 0 Å². The summed E-state index contributed by atoms with van der Waals surface area (Å²) in [6, 6.07) is 12.4. The van der Waals surface area contributed by atoms with Crippen LogP contribution in [0.5, 0.6) is 5.88 Å². The molecule has 0 unspecified atom stereocenters. The van der Waals surface area contributed by atoms with E-state index in [0.29, 0.717) is 11.3 Å². The quantitative estimate of drug-likeness (QED) is 0.763. The van der Waals surface area contributed by atoms with Gasteiger partial charge in [0.05, 0.1) is 11.8 Å². The van der Waals surface area contributed by atoms with Gasteiger partial charge in [-0.1, -0.05) is 30.3 Å². The van der Waals surface area contributed by atoms with Crippen LogP contribution >= 0.6 is 0 Å². The number of nitrogens with zero attached hydrogens (tertiary/aromatic N) is 2.